The number of pyridine rings is 1. The van der Waals surface area contributed by atoms with Gasteiger partial charge in [-0.2, -0.15) is 0 Å². The molecular formula is C14H13BrF2N2. The van der Waals surface area contributed by atoms with Crippen LogP contribution in [0.15, 0.2) is 10.5 Å². The van der Waals surface area contributed by atoms with Crippen LogP contribution in [0, 0.1) is 11.6 Å². The molecule has 5 heteroatoms. The minimum Gasteiger partial charge on any atom is -0.384 e. The first-order valence-corrected chi connectivity index (χ1v) is 7.15. The van der Waals surface area contributed by atoms with Crippen molar-refractivity contribution in [1.29, 1.82) is 0 Å². The van der Waals surface area contributed by atoms with E-state index >= 15 is 0 Å². The van der Waals surface area contributed by atoms with Crippen molar-refractivity contribution in [2.75, 3.05) is 11.9 Å². The van der Waals surface area contributed by atoms with E-state index in [2.05, 4.69) is 26.2 Å². The van der Waals surface area contributed by atoms with Gasteiger partial charge in [-0.05, 0) is 53.7 Å². The van der Waals surface area contributed by atoms with Gasteiger partial charge in [0.1, 0.15) is 11.3 Å². The number of hydrogen-bond acceptors (Lipinski definition) is 2. The second-order valence-corrected chi connectivity index (χ2v) is 5.53. The highest BCUT2D eigenvalue weighted by molar-refractivity contribution is 9.10. The van der Waals surface area contributed by atoms with Gasteiger partial charge in [0.2, 0.25) is 0 Å². The molecule has 1 aliphatic rings. The molecule has 0 fully saturated rings. The predicted molar refractivity (Wildman–Crippen MR) is 75.5 cm³/mol. The SMILES string of the molecule is CCNc1c2c(nc3c(F)cc(Br)c(F)c13)CCC2. The molecule has 0 spiro atoms. The van der Waals surface area contributed by atoms with E-state index in [0.717, 1.165) is 36.6 Å². The van der Waals surface area contributed by atoms with E-state index in [1.165, 1.54) is 0 Å². The fourth-order valence-electron chi connectivity index (χ4n) is 2.70. The van der Waals surface area contributed by atoms with E-state index in [1.54, 1.807) is 0 Å². The van der Waals surface area contributed by atoms with Crippen molar-refractivity contribution in [3.8, 4) is 0 Å². The number of rotatable bonds is 2. The van der Waals surface area contributed by atoms with Gasteiger partial charge in [0.05, 0.1) is 15.5 Å². The van der Waals surface area contributed by atoms with Crippen LogP contribution in [0.5, 0.6) is 0 Å². The molecule has 0 aliphatic heterocycles. The smallest absolute Gasteiger partial charge is 0.150 e. The molecule has 0 amide bonds. The average molecular weight is 327 g/mol. The Hall–Kier alpha value is -1.23. The molecule has 100 valence electrons. The number of nitrogens with one attached hydrogen (secondary N) is 1. The van der Waals surface area contributed by atoms with Gasteiger partial charge in [0, 0.05) is 12.2 Å². The van der Waals surface area contributed by atoms with Crippen LogP contribution in [-0.4, -0.2) is 11.5 Å². The summed E-state index contributed by atoms with van der Waals surface area (Å²) in [6, 6.07) is 1.14. The highest BCUT2D eigenvalue weighted by Crippen LogP contribution is 2.38. The lowest BCUT2D eigenvalue weighted by Gasteiger charge is -2.15. The molecule has 0 saturated heterocycles. The van der Waals surface area contributed by atoms with Gasteiger partial charge in [-0.3, -0.25) is 0 Å². The topological polar surface area (TPSA) is 24.9 Å². The summed E-state index contributed by atoms with van der Waals surface area (Å²) in [5.41, 5.74) is 2.75. The number of benzene rings is 1. The first-order chi connectivity index (χ1) is 9.13. The molecule has 3 rings (SSSR count). The summed E-state index contributed by atoms with van der Waals surface area (Å²) in [5.74, 6) is -0.938. The molecule has 1 aromatic carbocycles. The molecular weight excluding hydrogens is 314 g/mol. The third-order valence-corrected chi connectivity index (χ3v) is 4.06. The fraction of sp³-hybridized carbons (Fsp3) is 0.357. The molecule has 0 radical (unpaired) electrons. The Kier molecular flexibility index (Phi) is 3.17. The van der Waals surface area contributed by atoms with Crippen molar-refractivity contribution in [2.24, 2.45) is 0 Å². The van der Waals surface area contributed by atoms with Crippen LogP contribution in [0.2, 0.25) is 0 Å². The van der Waals surface area contributed by atoms with Gasteiger partial charge in [-0.1, -0.05) is 0 Å². The average Bonchev–Trinajstić information content (AvgIpc) is 2.84. The normalized spacial score (nSPS) is 13.9. The third kappa shape index (κ3) is 1.91. The first-order valence-electron chi connectivity index (χ1n) is 6.36. The van der Waals surface area contributed by atoms with Gasteiger partial charge in [0.15, 0.2) is 5.82 Å². The molecule has 1 aromatic heterocycles. The van der Waals surface area contributed by atoms with Crippen LogP contribution in [-0.2, 0) is 12.8 Å². The Balaban J connectivity index is 2.45. The first kappa shape index (κ1) is 12.8. The van der Waals surface area contributed by atoms with Gasteiger partial charge < -0.3 is 5.32 Å². The minimum absolute atomic E-state index is 0.123. The summed E-state index contributed by atoms with van der Waals surface area (Å²) in [4.78, 5) is 4.32. The second-order valence-electron chi connectivity index (χ2n) is 4.67. The van der Waals surface area contributed by atoms with E-state index in [-0.39, 0.29) is 15.4 Å². The van der Waals surface area contributed by atoms with Crippen LogP contribution in [0.1, 0.15) is 24.6 Å². The number of nitrogens with zero attached hydrogens (tertiary/aromatic N) is 1. The number of halogens is 3. The molecule has 1 N–H and O–H groups in total. The zero-order valence-corrected chi connectivity index (χ0v) is 12.1. The molecule has 1 aliphatic carbocycles. The van der Waals surface area contributed by atoms with Crippen molar-refractivity contribution < 1.29 is 8.78 Å². The number of aryl methyl sites for hydroxylation is 1. The lowest BCUT2D eigenvalue weighted by atomic mass is 10.1. The van der Waals surface area contributed by atoms with E-state index in [1.807, 2.05) is 6.92 Å². The molecule has 1 heterocycles. The lowest BCUT2D eigenvalue weighted by molar-refractivity contribution is 0.609. The van der Waals surface area contributed by atoms with Crippen molar-refractivity contribution in [1.82, 2.24) is 4.98 Å². The summed E-state index contributed by atoms with van der Waals surface area (Å²) in [7, 11) is 0. The maximum atomic E-state index is 14.3. The highest BCUT2D eigenvalue weighted by atomic mass is 79.9. The maximum absolute atomic E-state index is 14.3. The molecule has 0 bridgehead atoms. The van der Waals surface area contributed by atoms with E-state index in [4.69, 9.17) is 0 Å². The summed E-state index contributed by atoms with van der Waals surface area (Å²) < 4.78 is 28.5. The Morgan fingerprint density at radius 1 is 1.37 bits per heavy atom. The Morgan fingerprint density at radius 3 is 2.89 bits per heavy atom. The number of anilines is 1. The predicted octanol–water partition coefficient (Wildman–Crippen LogP) is 4.20. The van der Waals surface area contributed by atoms with Crippen LogP contribution < -0.4 is 5.32 Å². The quantitative estimate of drug-likeness (QED) is 0.837. The highest BCUT2D eigenvalue weighted by Gasteiger charge is 2.24. The molecule has 0 atom stereocenters. The lowest BCUT2D eigenvalue weighted by Crippen LogP contribution is -2.06. The number of hydrogen-bond donors (Lipinski definition) is 1. The maximum Gasteiger partial charge on any atom is 0.150 e. The second kappa shape index (κ2) is 4.71. The van der Waals surface area contributed by atoms with Crippen LogP contribution >= 0.6 is 15.9 Å². The summed E-state index contributed by atoms with van der Waals surface area (Å²) in [6.45, 7) is 2.61. The van der Waals surface area contributed by atoms with Crippen LogP contribution in [0.4, 0.5) is 14.5 Å². The fourth-order valence-corrected chi connectivity index (χ4v) is 3.10. The van der Waals surface area contributed by atoms with Crippen molar-refractivity contribution in [2.45, 2.75) is 26.2 Å². The number of fused-ring (bicyclic) bond motifs is 2. The molecule has 0 unspecified atom stereocenters. The summed E-state index contributed by atoms with van der Waals surface area (Å²) in [6.07, 6.45) is 2.69. The van der Waals surface area contributed by atoms with E-state index < -0.39 is 11.6 Å². The zero-order chi connectivity index (χ0) is 13.6. The van der Waals surface area contributed by atoms with Crippen molar-refractivity contribution >= 4 is 32.5 Å². The van der Waals surface area contributed by atoms with E-state index in [9.17, 15) is 8.78 Å². The molecule has 2 nitrogen and oxygen atoms in total. The Bertz CT molecular complexity index is 671. The largest absolute Gasteiger partial charge is 0.384 e. The van der Waals surface area contributed by atoms with Gasteiger partial charge in [-0.15, -0.1) is 0 Å². The van der Waals surface area contributed by atoms with Gasteiger partial charge in [-0.25, -0.2) is 13.8 Å². The van der Waals surface area contributed by atoms with Crippen LogP contribution in [0.3, 0.4) is 0 Å². The Morgan fingerprint density at radius 2 is 2.16 bits per heavy atom. The molecule has 2 aromatic rings. The third-order valence-electron chi connectivity index (χ3n) is 3.49. The van der Waals surface area contributed by atoms with Gasteiger partial charge >= 0.3 is 0 Å². The minimum atomic E-state index is -0.489. The molecule has 19 heavy (non-hydrogen) atoms. The van der Waals surface area contributed by atoms with Crippen molar-refractivity contribution in [3.05, 3.63) is 33.4 Å². The standard InChI is InChI=1S/C14H13BrF2N2/c1-2-18-13-7-4-3-5-10(7)19-14-9(16)6-8(15)12(17)11(13)14/h6H,2-5H2,1H3,(H,18,19). The Labute approximate surface area is 118 Å². The summed E-state index contributed by atoms with van der Waals surface area (Å²) >= 11 is 3.06. The van der Waals surface area contributed by atoms with Gasteiger partial charge in [0.25, 0.3) is 0 Å². The monoisotopic (exact) mass is 326 g/mol. The van der Waals surface area contributed by atoms with E-state index in [0.29, 0.717) is 12.2 Å². The molecule has 0 saturated carbocycles. The van der Waals surface area contributed by atoms with Crippen molar-refractivity contribution in [3.63, 3.8) is 0 Å². The summed E-state index contributed by atoms with van der Waals surface area (Å²) in [5, 5.41) is 3.44. The number of aromatic nitrogens is 1. The zero-order valence-electron chi connectivity index (χ0n) is 10.5. The van der Waals surface area contributed by atoms with Crippen LogP contribution in [0.25, 0.3) is 10.9 Å².